The number of hydrogen-bond donors (Lipinski definition) is 1. The molecule has 0 amide bonds. The zero-order chi connectivity index (χ0) is 15.6. The van der Waals surface area contributed by atoms with Crippen LogP contribution in [0.15, 0.2) is 34.8 Å². The van der Waals surface area contributed by atoms with Crippen LogP contribution in [0.4, 0.5) is 13.2 Å². The first kappa shape index (κ1) is 16.0. The summed E-state index contributed by atoms with van der Waals surface area (Å²) < 4.78 is 42.5. The summed E-state index contributed by atoms with van der Waals surface area (Å²) in [4.78, 5) is 0. The van der Waals surface area contributed by atoms with Crippen LogP contribution in [0.25, 0.3) is 0 Å². The summed E-state index contributed by atoms with van der Waals surface area (Å²) in [6, 6.07) is 7.02. The lowest BCUT2D eigenvalue weighted by Gasteiger charge is -2.21. The molecule has 2 rings (SSSR count). The summed E-state index contributed by atoms with van der Waals surface area (Å²) in [6.45, 7) is 3.81. The second-order valence-corrected chi connectivity index (χ2v) is 5.59. The van der Waals surface area contributed by atoms with Crippen LogP contribution in [0.5, 0.6) is 0 Å². The quantitative estimate of drug-likeness (QED) is 0.822. The van der Waals surface area contributed by atoms with Crippen LogP contribution in [-0.2, 0) is 0 Å². The maximum absolute atomic E-state index is 14.3. The molecule has 1 nitrogen and oxygen atoms in total. The fourth-order valence-corrected chi connectivity index (χ4v) is 2.60. The normalized spacial score (nSPS) is 12.5. The number of nitrogens with one attached hydrogen (secondary N) is 1. The zero-order valence-electron chi connectivity index (χ0n) is 11.7. The Labute approximate surface area is 130 Å². The van der Waals surface area contributed by atoms with Crippen molar-refractivity contribution in [1.29, 1.82) is 0 Å². The second-order valence-electron chi connectivity index (χ2n) is 4.73. The molecular weight excluding hydrogens is 343 g/mol. The molecule has 112 valence electrons. The number of benzene rings is 2. The van der Waals surface area contributed by atoms with Gasteiger partial charge in [-0.2, -0.15) is 0 Å². The Hall–Kier alpha value is -1.33. The van der Waals surface area contributed by atoms with Gasteiger partial charge in [-0.25, -0.2) is 13.2 Å². The highest BCUT2D eigenvalue weighted by Gasteiger charge is 2.23. The number of aryl methyl sites for hydroxylation is 1. The van der Waals surface area contributed by atoms with E-state index in [1.807, 2.05) is 6.92 Å². The summed E-state index contributed by atoms with van der Waals surface area (Å²) >= 11 is 3.11. The van der Waals surface area contributed by atoms with E-state index in [1.165, 1.54) is 19.1 Å². The lowest BCUT2D eigenvalue weighted by molar-refractivity contribution is 0.473. The van der Waals surface area contributed by atoms with Gasteiger partial charge in [0, 0.05) is 11.1 Å². The van der Waals surface area contributed by atoms with Gasteiger partial charge in [0.1, 0.15) is 5.82 Å². The van der Waals surface area contributed by atoms with Gasteiger partial charge < -0.3 is 5.32 Å². The summed E-state index contributed by atoms with van der Waals surface area (Å²) in [7, 11) is 0. The van der Waals surface area contributed by atoms with Crippen molar-refractivity contribution >= 4 is 15.9 Å². The Kier molecular flexibility index (Phi) is 5.06. The van der Waals surface area contributed by atoms with Gasteiger partial charge in [-0.05, 0) is 41.0 Å². The molecule has 0 aliphatic rings. The summed E-state index contributed by atoms with van der Waals surface area (Å²) in [5, 5.41) is 3.00. The van der Waals surface area contributed by atoms with Crippen molar-refractivity contribution in [2.45, 2.75) is 19.9 Å². The Morgan fingerprint density at radius 2 is 1.67 bits per heavy atom. The average molecular weight is 358 g/mol. The lowest BCUT2D eigenvalue weighted by Crippen LogP contribution is -2.24. The molecule has 0 bridgehead atoms. The van der Waals surface area contributed by atoms with E-state index in [2.05, 4.69) is 21.2 Å². The Bertz CT molecular complexity index is 658. The molecule has 0 aromatic heterocycles. The highest BCUT2D eigenvalue weighted by molar-refractivity contribution is 9.10. The van der Waals surface area contributed by atoms with Gasteiger partial charge in [-0.1, -0.05) is 31.2 Å². The molecule has 0 fully saturated rings. The highest BCUT2D eigenvalue weighted by atomic mass is 79.9. The van der Waals surface area contributed by atoms with E-state index in [0.717, 1.165) is 0 Å². The standard InChI is InChI=1S/C16H15BrF3N/c1-3-21-16(10-5-4-6-12(17)14(10)19)11-8-7-9(2)13(18)15(11)20/h4-8,16,21H,3H2,1-2H3. The third-order valence-corrected chi connectivity index (χ3v) is 3.93. The lowest BCUT2D eigenvalue weighted by atomic mass is 9.96. The molecule has 2 aromatic carbocycles. The molecule has 0 saturated heterocycles. The predicted octanol–water partition coefficient (Wildman–Crippen LogP) is 4.87. The van der Waals surface area contributed by atoms with Gasteiger partial charge in [-0.3, -0.25) is 0 Å². The van der Waals surface area contributed by atoms with Crippen molar-refractivity contribution in [3.05, 3.63) is 68.9 Å². The molecule has 5 heteroatoms. The molecule has 1 unspecified atom stereocenters. The van der Waals surface area contributed by atoms with Gasteiger partial charge in [0.15, 0.2) is 11.6 Å². The topological polar surface area (TPSA) is 12.0 Å². The first-order valence-electron chi connectivity index (χ1n) is 6.59. The van der Waals surface area contributed by atoms with Crippen LogP contribution >= 0.6 is 15.9 Å². The van der Waals surface area contributed by atoms with Gasteiger partial charge in [0.25, 0.3) is 0 Å². The number of halogens is 4. The fraction of sp³-hybridized carbons (Fsp3) is 0.250. The zero-order valence-corrected chi connectivity index (χ0v) is 13.3. The smallest absolute Gasteiger partial charge is 0.164 e. The second kappa shape index (κ2) is 6.62. The Morgan fingerprint density at radius 1 is 1.00 bits per heavy atom. The van der Waals surface area contributed by atoms with E-state index < -0.39 is 23.5 Å². The summed E-state index contributed by atoms with van der Waals surface area (Å²) in [5.41, 5.74) is 0.589. The molecule has 1 atom stereocenters. The molecule has 21 heavy (non-hydrogen) atoms. The summed E-state index contributed by atoms with van der Waals surface area (Å²) in [6.07, 6.45) is 0. The molecule has 0 spiro atoms. The molecule has 1 N–H and O–H groups in total. The van der Waals surface area contributed by atoms with Gasteiger partial charge in [0.2, 0.25) is 0 Å². The van der Waals surface area contributed by atoms with E-state index in [1.54, 1.807) is 18.2 Å². The maximum Gasteiger partial charge on any atom is 0.164 e. The van der Waals surface area contributed by atoms with Crippen LogP contribution < -0.4 is 5.32 Å². The maximum atomic E-state index is 14.3. The first-order valence-corrected chi connectivity index (χ1v) is 7.38. The minimum Gasteiger partial charge on any atom is -0.306 e. The van der Waals surface area contributed by atoms with Gasteiger partial charge >= 0.3 is 0 Å². The minimum atomic E-state index is -0.944. The van der Waals surface area contributed by atoms with E-state index in [0.29, 0.717) is 6.54 Å². The monoisotopic (exact) mass is 357 g/mol. The Morgan fingerprint density at radius 3 is 2.33 bits per heavy atom. The average Bonchev–Trinajstić information content (AvgIpc) is 2.46. The van der Waals surface area contributed by atoms with Gasteiger partial charge in [0.05, 0.1) is 10.5 Å². The molecule has 0 aliphatic heterocycles. The Balaban J connectivity index is 2.59. The first-order chi connectivity index (χ1) is 9.97. The van der Waals surface area contributed by atoms with Crippen LogP contribution in [0.2, 0.25) is 0 Å². The highest BCUT2D eigenvalue weighted by Crippen LogP contribution is 2.31. The van der Waals surface area contributed by atoms with Crippen molar-refractivity contribution in [2.24, 2.45) is 0 Å². The minimum absolute atomic E-state index is 0.0944. The third-order valence-electron chi connectivity index (χ3n) is 3.32. The predicted molar refractivity (Wildman–Crippen MR) is 80.7 cm³/mol. The third kappa shape index (κ3) is 3.14. The molecule has 0 aliphatic carbocycles. The van der Waals surface area contributed by atoms with Crippen LogP contribution in [0.3, 0.4) is 0 Å². The van der Waals surface area contributed by atoms with E-state index >= 15 is 0 Å². The van der Waals surface area contributed by atoms with E-state index in [4.69, 9.17) is 0 Å². The van der Waals surface area contributed by atoms with Gasteiger partial charge in [-0.15, -0.1) is 0 Å². The van der Waals surface area contributed by atoms with Crippen molar-refractivity contribution in [3.8, 4) is 0 Å². The largest absolute Gasteiger partial charge is 0.306 e. The van der Waals surface area contributed by atoms with Crippen LogP contribution in [-0.4, -0.2) is 6.54 Å². The number of hydrogen-bond acceptors (Lipinski definition) is 1. The molecule has 0 heterocycles. The van der Waals surface area contributed by atoms with Crippen molar-refractivity contribution < 1.29 is 13.2 Å². The van der Waals surface area contributed by atoms with Crippen molar-refractivity contribution in [3.63, 3.8) is 0 Å². The fourth-order valence-electron chi connectivity index (χ4n) is 2.22. The van der Waals surface area contributed by atoms with E-state index in [-0.39, 0.29) is 21.2 Å². The van der Waals surface area contributed by atoms with Crippen LogP contribution in [0, 0.1) is 24.4 Å². The van der Waals surface area contributed by atoms with Crippen molar-refractivity contribution in [2.75, 3.05) is 6.54 Å². The molecule has 0 radical (unpaired) electrons. The number of rotatable bonds is 4. The van der Waals surface area contributed by atoms with E-state index in [9.17, 15) is 13.2 Å². The molecule has 2 aromatic rings. The van der Waals surface area contributed by atoms with Crippen molar-refractivity contribution in [1.82, 2.24) is 5.32 Å². The molecule has 0 saturated carbocycles. The van der Waals surface area contributed by atoms with Crippen LogP contribution in [0.1, 0.15) is 29.7 Å². The molecular formula is C16H15BrF3N. The SMILES string of the molecule is CCNC(c1cccc(Br)c1F)c1ccc(C)c(F)c1F. The summed E-state index contributed by atoms with van der Waals surface area (Å²) in [5.74, 6) is -2.32.